The fourth-order valence-electron chi connectivity index (χ4n) is 1.60. The number of methoxy groups -OCH3 is 2. The van der Waals surface area contributed by atoms with E-state index < -0.39 is 0 Å². The van der Waals surface area contributed by atoms with E-state index in [1.807, 2.05) is 25.1 Å². The smallest absolute Gasteiger partial charge is 0.161 e. The Kier molecular flexibility index (Phi) is 5.57. The van der Waals surface area contributed by atoms with E-state index in [0.717, 1.165) is 18.0 Å². The van der Waals surface area contributed by atoms with Crippen LogP contribution in [0.4, 0.5) is 0 Å². The predicted octanol–water partition coefficient (Wildman–Crippen LogP) is 2.93. The van der Waals surface area contributed by atoms with Gasteiger partial charge in [-0.25, -0.2) is 0 Å². The highest BCUT2D eigenvalue weighted by molar-refractivity contribution is 5.43. The van der Waals surface area contributed by atoms with Gasteiger partial charge in [0, 0.05) is 12.6 Å². The lowest BCUT2D eigenvalue weighted by molar-refractivity contribution is 0.354. The Balaban J connectivity index is 2.76. The van der Waals surface area contributed by atoms with Crippen LogP contribution in [0, 0.1) is 0 Å². The van der Waals surface area contributed by atoms with Crippen LogP contribution in [0.5, 0.6) is 11.5 Å². The van der Waals surface area contributed by atoms with Gasteiger partial charge in [-0.2, -0.15) is 0 Å². The molecule has 17 heavy (non-hydrogen) atoms. The third-order valence-corrected chi connectivity index (χ3v) is 2.69. The Morgan fingerprint density at radius 2 is 1.94 bits per heavy atom. The zero-order valence-corrected chi connectivity index (χ0v) is 11.0. The van der Waals surface area contributed by atoms with E-state index in [1.165, 1.54) is 5.56 Å². The first kappa shape index (κ1) is 13.6. The van der Waals surface area contributed by atoms with E-state index in [9.17, 15) is 0 Å². The minimum Gasteiger partial charge on any atom is -0.493 e. The van der Waals surface area contributed by atoms with Crippen molar-refractivity contribution in [2.24, 2.45) is 0 Å². The number of benzene rings is 1. The molecule has 0 bridgehead atoms. The lowest BCUT2D eigenvalue weighted by Gasteiger charge is -2.15. The second kappa shape index (κ2) is 6.97. The Labute approximate surface area is 103 Å². The van der Waals surface area contributed by atoms with E-state index in [1.54, 1.807) is 14.2 Å². The Morgan fingerprint density at radius 3 is 2.53 bits per heavy atom. The molecule has 1 aromatic carbocycles. The second-order valence-electron chi connectivity index (χ2n) is 3.81. The van der Waals surface area contributed by atoms with Crippen LogP contribution in [-0.4, -0.2) is 20.8 Å². The van der Waals surface area contributed by atoms with Crippen molar-refractivity contribution in [2.45, 2.75) is 19.9 Å². The zero-order chi connectivity index (χ0) is 12.7. The number of nitrogens with one attached hydrogen (secondary N) is 1. The standard InChI is InChI=1S/C14H21NO2/c1-5-6-9-15-11(2)12-7-8-13(16-3)14(10-12)17-4/h5-8,10-11,15H,9H2,1-4H3/b6-5+. The summed E-state index contributed by atoms with van der Waals surface area (Å²) in [5.74, 6) is 1.53. The summed E-state index contributed by atoms with van der Waals surface area (Å²) in [6, 6.07) is 6.27. The molecule has 0 aliphatic rings. The van der Waals surface area contributed by atoms with Crippen LogP contribution in [0.3, 0.4) is 0 Å². The van der Waals surface area contributed by atoms with Crippen LogP contribution in [0.2, 0.25) is 0 Å². The van der Waals surface area contributed by atoms with Gasteiger partial charge in [-0.1, -0.05) is 18.2 Å². The first-order valence-corrected chi connectivity index (χ1v) is 5.79. The largest absolute Gasteiger partial charge is 0.493 e. The molecule has 1 atom stereocenters. The van der Waals surface area contributed by atoms with Gasteiger partial charge in [0.15, 0.2) is 11.5 Å². The number of hydrogen-bond acceptors (Lipinski definition) is 3. The van der Waals surface area contributed by atoms with Crippen molar-refractivity contribution >= 4 is 0 Å². The van der Waals surface area contributed by atoms with E-state index >= 15 is 0 Å². The molecule has 1 aromatic rings. The Hall–Kier alpha value is -1.48. The summed E-state index contributed by atoms with van der Waals surface area (Å²) >= 11 is 0. The van der Waals surface area contributed by atoms with Crippen LogP contribution >= 0.6 is 0 Å². The van der Waals surface area contributed by atoms with Gasteiger partial charge in [0.05, 0.1) is 14.2 Å². The van der Waals surface area contributed by atoms with E-state index in [0.29, 0.717) is 0 Å². The van der Waals surface area contributed by atoms with Gasteiger partial charge in [-0.3, -0.25) is 0 Å². The molecule has 94 valence electrons. The van der Waals surface area contributed by atoms with Crippen molar-refractivity contribution in [1.29, 1.82) is 0 Å². The topological polar surface area (TPSA) is 30.5 Å². The highest BCUT2D eigenvalue weighted by Crippen LogP contribution is 2.29. The van der Waals surface area contributed by atoms with Crippen molar-refractivity contribution in [3.05, 3.63) is 35.9 Å². The molecule has 0 aliphatic heterocycles. The molecule has 3 heteroatoms. The summed E-state index contributed by atoms with van der Waals surface area (Å²) in [7, 11) is 3.30. The minimum absolute atomic E-state index is 0.283. The van der Waals surface area contributed by atoms with Crippen molar-refractivity contribution < 1.29 is 9.47 Å². The van der Waals surface area contributed by atoms with Crippen LogP contribution < -0.4 is 14.8 Å². The average Bonchev–Trinajstić information content (AvgIpc) is 2.38. The lowest BCUT2D eigenvalue weighted by Crippen LogP contribution is -2.18. The maximum atomic E-state index is 5.29. The summed E-state index contributed by atoms with van der Waals surface area (Å²) in [5, 5.41) is 3.41. The monoisotopic (exact) mass is 235 g/mol. The molecule has 0 aromatic heterocycles. The molecule has 0 radical (unpaired) electrons. The van der Waals surface area contributed by atoms with Gasteiger partial charge in [-0.15, -0.1) is 0 Å². The van der Waals surface area contributed by atoms with Crippen LogP contribution in [0.1, 0.15) is 25.5 Å². The molecular formula is C14H21NO2. The van der Waals surface area contributed by atoms with Gasteiger partial charge < -0.3 is 14.8 Å². The molecule has 0 saturated carbocycles. The molecule has 0 saturated heterocycles. The molecular weight excluding hydrogens is 214 g/mol. The highest BCUT2D eigenvalue weighted by atomic mass is 16.5. The number of ether oxygens (including phenoxy) is 2. The summed E-state index contributed by atoms with van der Waals surface area (Å²) < 4.78 is 10.5. The normalized spacial score (nSPS) is 12.7. The third kappa shape index (κ3) is 3.79. The SMILES string of the molecule is C/C=C/CNC(C)c1ccc(OC)c(OC)c1. The van der Waals surface area contributed by atoms with Crippen molar-refractivity contribution in [3.8, 4) is 11.5 Å². The molecule has 0 aliphatic carbocycles. The van der Waals surface area contributed by atoms with Gasteiger partial charge >= 0.3 is 0 Å². The minimum atomic E-state index is 0.283. The maximum Gasteiger partial charge on any atom is 0.161 e. The second-order valence-corrected chi connectivity index (χ2v) is 3.81. The van der Waals surface area contributed by atoms with Crippen LogP contribution in [0.15, 0.2) is 30.4 Å². The van der Waals surface area contributed by atoms with Gasteiger partial charge in [-0.05, 0) is 31.5 Å². The van der Waals surface area contributed by atoms with Gasteiger partial charge in [0.2, 0.25) is 0 Å². The third-order valence-electron chi connectivity index (χ3n) is 2.69. The molecule has 1 N–H and O–H groups in total. The zero-order valence-electron chi connectivity index (χ0n) is 11.0. The Morgan fingerprint density at radius 1 is 1.24 bits per heavy atom. The fourth-order valence-corrected chi connectivity index (χ4v) is 1.60. The van der Waals surface area contributed by atoms with Crippen LogP contribution in [0.25, 0.3) is 0 Å². The van der Waals surface area contributed by atoms with Crippen molar-refractivity contribution in [2.75, 3.05) is 20.8 Å². The van der Waals surface area contributed by atoms with E-state index in [-0.39, 0.29) is 6.04 Å². The van der Waals surface area contributed by atoms with Crippen molar-refractivity contribution in [1.82, 2.24) is 5.32 Å². The number of hydrogen-bond donors (Lipinski definition) is 1. The maximum absolute atomic E-state index is 5.29. The summed E-state index contributed by atoms with van der Waals surface area (Å²) in [4.78, 5) is 0. The molecule has 0 fully saturated rings. The van der Waals surface area contributed by atoms with Crippen molar-refractivity contribution in [3.63, 3.8) is 0 Å². The summed E-state index contributed by atoms with van der Waals surface area (Å²) in [6.07, 6.45) is 4.13. The van der Waals surface area contributed by atoms with Gasteiger partial charge in [0.1, 0.15) is 0 Å². The molecule has 1 unspecified atom stereocenters. The van der Waals surface area contributed by atoms with Crippen LogP contribution in [-0.2, 0) is 0 Å². The van der Waals surface area contributed by atoms with Gasteiger partial charge in [0.25, 0.3) is 0 Å². The predicted molar refractivity (Wildman–Crippen MR) is 70.8 cm³/mol. The quantitative estimate of drug-likeness (QED) is 0.769. The molecule has 0 amide bonds. The number of allylic oxidation sites excluding steroid dienone is 1. The average molecular weight is 235 g/mol. The Bertz CT molecular complexity index is 374. The molecule has 0 spiro atoms. The summed E-state index contributed by atoms with van der Waals surface area (Å²) in [6.45, 7) is 5.01. The molecule has 1 rings (SSSR count). The van der Waals surface area contributed by atoms with E-state index in [2.05, 4.69) is 24.4 Å². The molecule has 0 heterocycles. The fraction of sp³-hybridized carbons (Fsp3) is 0.429. The molecule has 3 nitrogen and oxygen atoms in total. The summed E-state index contributed by atoms with van der Waals surface area (Å²) in [5.41, 5.74) is 1.19. The first-order chi connectivity index (χ1) is 8.22. The lowest BCUT2D eigenvalue weighted by atomic mass is 10.1. The van der Waals surface area contributed by atoms with E-state index in [4.69, 9.17) is 9.47 Å². The highest BCUT2D eigenvalue weighted by Gasteiger charge is 2.08. The first-order valence-electron chi connectivity index (χ1n) is 5.79. The number of rotatable bonds is 6.